The van der Waals surface area contributed by atoms with Crippen molar-refractivity contribution >= 4 is 41.4 Å². The second kappa shape index (κ2) is 11.3. The largest absolute Gasteiger partial charge is 0.496 e. The molecule has 3 N–H and O–H groups in total. The summed E-state index contributed by atoms with van der Waals surface area (Å²) in [6.07, 6.45) is 2.78. The lowest BCUT2D eigenvalue weighted by Gasteiger charge is -2.49. The second-order valence-corrected chi connectivity index (χ2v) is 9.43. The van der Waals surface area contributed by atoms with Crippen LogP contribution in [0.2, 0.25) is 0 Å². The number of β-lactam (4-membered cyclic amide) rings is 1. The molecule has 13 heteroatoms. The van der Waals surface area contributed by atoms with Gasteiger partial charge < -0.3 is 25.2 Å². The first-order valence-corrected chi connectivity index (χ1v) is 12.4. The number of hydrogen-bond donors (Lipinski definition) is 3. The maximum atomic E-state index is 13.4. The van der Waals surface area contributed by atoms with Crippen LogP contribution in [0.5, 0.6) is 5.75 Å². The van der Waals surface area contributed by atoms with Gasteiger partial charge in [0, 0.05) is 30.6 Å². The minimum absolute atomic E-state index is 0.119. The summed E-state index contributed by atoms with van der Waals surface area (Å²) in [5.74, 6) is -3.35. The summed E-state index contributed by atoms with van der Waals surface area (Å²) in [6.45, 7) is 0.948. The number of hydrogen-bond acceptors (Lipinski definition) is 9. The molecule has 3 amide bonds. The van der Waals surface area contributed by atoms with Crippen molar-refractivity contribution in [2.45, 2.75) is 24.4 Å². The van der Waals surface area contributed by atoms with Gasteiger partial charge in [-0.3, -0.25) is 29.1 Å². The van der Waals surface area contributed by atoms with Crippen molar-refractivity contribution in [3.05, 3.63) is 71.2 Å². The number of amides is 3. The van der Waals surface area contributed by atoms with Crippen molar-refractivity contribution < 1.29 is 38.6 Å². The molecular formula is C25H24N4O8S. The minimum atomic E-state index is -1.34. The Morgan fingerprint density at radius 3 is 2.61 bits per heavy atom. The molecule has 1 aromatic carbocycles. The molecule has 3 heterocycles. The van der Waals surface area contributed by atoms with Gasteiger partial charge in [0.25, 0.3) is 11.8 Å². The molecule has 0 spiro atoms. The molecule has 2 aliphatic rings. The van der Waals surface area contributed by atoms with E-state index in [1.54, 1.807) is 30.3 Å². The molecule has 0 bridgehead atoms. The number of carboxylic acid groups (broad SMARTS) is 1. The van der Waals surface area contributed by atoms with E-state index in [0.29, 0.717) is 5.56 Å². The standard InChI is InChI=1S/C25H24N4O8S/c1-13(30)37-11-15-12-38-24-19(23(33)29(24)20(15)25(34)35)28-22(32)18(14-6-4-3-5-7-14)27-21(31)16-10-26-9-8-17(16)36-2/h3-10,18-19,24H,11-12H2,1-2H3,(H,27,31)(H,28,32)(H,34,35)/t18?,19-,24-/m1/s1. The predicted octanol–water partition coefficient (Wildman–Crippen LogP) is 0.863. The van der Waals surface area contributed by atoms with Crippen molar-refractivity contribution in [3.8, 4) is 5.75 Å². The molecule has 0 aliphatic carbocycles. The van der Waals surface area contributed by atoms with E-state index >= 15 is 0 Å². The van der Waals surface area contributed by atoms with Gasteiger partial charge in [0.05, 0.1) is 12.7 Å². The van der Waals surface area contributed by atoms with E-state index in [9.17, 15) is 29.1 Å². The normalized spacial score (nSPS) is 19.0. The van der Waals surface area contributed by atoms with Gasteiger partial charge in [-0.2, -0.15) is 0 Å². The van der Waals surface area contributed by atoms with E-state index in [4.69, 9.17) is 9.47 Å². The van der Waals surface area contributed by atoms with Gasteiger partial charge in [-0.05, 0) is 11.6 Å². The summed E-state index contributed by atoms with van der Waals surface area (Å²) < 4.78 is 10.1. The number of nitrogens with zero attached hydrogens (tertiary/aromatic N) is 2. The Hall–Kier alpha value is -4.39. The highest BCUT2D eigenvalue weighted by atomic mass is 32.2. The van der Waals surface area contributed by atoms with Crippen LogP contribution >= 0.6 is 11.8 Å². The van der Waals surface area contributed by atoms with E-state index in [2.05, 4.69) is 15.6 Å². The zero-order valence-corrected chi connectivity index (χ0v) is 21.2. The van der Waals surface area contributed by atoms with Crippen LogP contribution in [-0.2, 0) is 23.9 Å². The van der Waals surface area contributed by atoms with Crippen LogP contribution in [0, 0.1) is 0 Å². The van der Waals surface area contributed by atoms with Crippen molar-refractivity contribution in [2.24, 2.45) is 0 Å². The first-order valence-electron chi connectivity index (χ1n) is 11.4. The van der Waals surface area contributed by atoms with Gasteiger partial charge in [-0.15, -0.1) is 11.8 Å². The average Bonchev–Trinajstić information content (AvgIpc) is 2.92. The summed E-state index contributed by atoms with van der Waals surface area (Å²) in [5, 5.41) is 14.4. The zero-order chi connectivity index (χ0) is 27.4. The zero-order valence-electron chi connectivity index (χ0n) is 20.4. The van der Waals surface area contributed by atoms with Crippen molar-refractivity contribution in [1.29, 1.82) is 0 Å². The van der Waals surface area contributed by atoms with Crippen LogP contribution in [0.15, 0.2) is 60.1 Å². The quantitative estimate of drug-likeness (QED) is 0.307. The molecule has 2 aromatic rings. The second-order valence-electron chi connectivity index (χ2n) is 8.33. The number of rotatable bonds is 9. The first-order chi connectivity index (χ1) is 18.2. The highest BCUT2D eigenvalue weighted by molar-refractivity contribution is 8.00. The third-order valence-corrected chi connectivity index (χ3v) is 7.25. The van der Waals surface area contributed by atoms with E-state index < -0.39 is 47.1 Å². The third-order valence-electron chi connectivity index (χ3n) is 5.91. The van der Waals surface area contributed by atoms with Crippen molar-refractivity contribution in [2.75, 3.05) is 19.5 Å². The molecular weight excluding hydrogens is 516 g/mol. The number of aromatic nitrogens is 1. The number of thioether (sulfide) groups is 1. The molecule has 3 atom stereocenters. The Kier molecular flexibility index (Phi) is 7.96. The van der Waals surface area contributed by atoms with Gasteiger partial charge in [-0.1, -0.05) is 30.3 Å². The third kappa shape index (κ3) is 5.32. The number of pyridine rings is 1. The number of carboxylic acids is 1. The summed E-state index contributed by atoms with van der Waals surface area (Å²) >= 11 is 1.24. The van der Waals surface area contributed by atoms with Crippen LogP contribution in [-0.4, -0.2) is 75.5 Å². The molecule has 0 radical (unpaired) electrons. The lowest BCUT2D eigenvalue weighted by molar-refractivity contribution is -0.151. The molecule has 38 heavy (non-hydrogen) atoms. The number of fused-ring (bicyclic) bond motifs is 1. The minimum Gasteiger partial charge on any atom is -0.496 e. The maximum Gasteiger partial charge on any atom is 0.352 e. The molecule has 2 aliphatic heterocycles. The molecule has 4 rings (SSSR count). The van der Waals surface area contributed by atoms with Gasteiger partial charge in [0.15, 0.2) is 0 Å². The highest BCUT2D eigenvalue weighted by Crippen LogP contribution is 2.40. The highest BCUT2D eigenvalue weighted by Gasteiger charge is 2.54. The van der Waals surface area contributed by atoms with Gasteiger partial charge in [0.2, 0.25) is 5.91 Å². The molecule has 1 saturated heterocycles. The summed E-state index contributed by atoms with van der Waals surface area (Å²) in [5.41, 5.74) is 0.610. The van der Waals surface area contributed by atoms with E-state index in [-0.39, 0.29) is 34.9 Å². The fourth-order valence-corrected chi connectivity index (χ4v) is 5.43. The Morgan fingerprint density at radius 1 is 1.21 bits per heavy atom. The van der Waals surface area contributed by atoms with Crippen LogP contribution in [0.25, 0.3) is 0 Å². The van der Waals surface area contributed by atoms with Gasteiger partial charge in [-0.25, -0.2) is 4.79 Å². The first kappa shape index (κ1) is 26.7. The lowest BCUT2D eigenvalue weighted by atomic mass is 10.0. The van der Waals surface area contributed by atoms with Crippen LogP contribution in [0.4, 0.5) is 0 Å². The Balaban J connectivity index is 1.54. The number of carbonyl (C=O) groups excluding carboxylic acids is 4. The number of carbonyl (C=O) groups is 5. The number of ether oxygens (including phenoxy) is 2. The summed E-state index contributed by atoms with van der Waals surface area (Å²) in [7, 11) is 1.40. The summed E-state index contributed by atoms with van der Waals surface area (Å²) in [6, 6.07) is 7.79. The molecule has 12 nitrogen and oxygen atoms in total. The molecule has 1 fully saturated rings. The number of methoxy groups -OCH3 is 1. The average molecular weight is 541 g/mol. The maximum absolute atomic E-state index is 13.4. The van der Waals surface area contributed by atoms with E-state index in [1.165, 1.54) is 44.3 Å². The molecule has 1 aromatic heterocycles. The van der Waals surface area contributed by atoms with Crippen LogP contribution < -0.4 is 15.4 Å². The molecule has 1 unspecified atom stereocenters. The Bertz CT molecular complexity index is 1320. The lowest BCUT2D eigenvalue weighted by Crippen LogP contribution is -2.71. The topological polar surface area (TPSA) is 164 Å². The number of esters is 1. The Labute approximate surface area is 221 Å². The van der Waals surface area contributed by atoms with Crippen LogP contribution in [0.1, 0.15) is 28.9 Å². The predicted molar refractivity (Wildman–Crippen MR) is 134 cm³/mol. The summed E-state index contributed by atoms with van der Waals surface area (Å²) in [4.78, 5) is 67.6. The SMILES string of the molecule is COc1ccncc1C(=O)NC(C(=O)N[C@@H]1C(=O)N2C(C(=O)O)=C(COC(C)=O)CS[C@H]12)c1ccccc1. The van der Waals surface area contributed by atoms with Crippen LogP contribution in [0.3, 0.4) is 0 Å². The number of nitrogens with one attached hydrogen (secondary N) is 2. The van der Waals surface area contributed by atoms with Gasteiger partial charge >= 0.3 is 11.9 Å². The van der Waals surface area contributed by atoms with Gasteiger partial charge in [0.1, 0.15) is 35.5 Å². The van der Waals surface area contributed by atoms with E-state index in [1.807, 2.05) is 0 Å². The number of benzene rings is 1. The molecule has 0 saturated carbocycles. The van der Waals surface area contributed by atoms with Crippen molar-refractivity contribution in [3.63, 3.8) is 0 Å². The van der Waals surface area contributed by atoms with E-state index in [0.717, 1.165) is 4.90 Å². The Morgan fingerprint density at radius 2 is 1.95 bits per heavy atom. The molecule has 198 valence electrons. The number of aliphatic carboxylic acids is 1. The fourth-order valence-electron chi connectivity index (χ4n) is 4.10. The monoisotopic (exact) mass is 540 g/mol. The smallest absolute Gasteiger partial charge is 0.352 e. The fraction of sp³-hybridized carbons (Fsp3) is 0.280. The van der Waals surface area contributed by atoms with Crippen molar-refractivity contribution in [1.82, 2.24) is 20.5 Å².